The van der Waals surface area contributed by atoms with Crippen LogP contribution in [0.3, 0.4) is 0 Å². The molecule has 5 rings (SSSR count). The molecule has 0 spiro atoms. The molecule has 0 bridgehead atoms. The fraction of sp³-hybridized carbons (Fsp3) is 0.458. The number of imidazole rings is 1. The molecule has 3 heterocycles. The molecule has 1 fully saturated rings. The van der Waals surface area contributed by atoms with E-state index in [1.807, 2.05) is 6.07 Å². The number of nitrogens with one attached hydrogen (secondary N) is 1. The Morgan fingerprint density at radius 1 is 1.31 bits per heavy atom. The standard InChI is InChI=1S/C24H27ClFN5O/c1-24(2)7-6-21-30-22-18(26)9-14(10-19(22)31(21)24)16-11-20(28-12-17(16)25)29-23(32)13-4-3-5-15(27)8-13/h9-13,15H,3-8,27H2,1-2H3,(H,28,29,32)/t13-,15+/m0/s1. The van der Waals surface area contributed by atoms with E-state index in [1.54, 1.807) is 6.07 Å². The molecular weight excluding hydrogens is 429 g/mol. The third-order valence-corrected chi connectivity index (χ3v) is 7.15. The Hall–Kier alpha value is -2.51. The van der Waals surface area contributed by atoms with E-state index in [9.17, 15) is 4.79 Å². The fourth-order valence-electron chi connectivity index (χ4n) is 5.13. The van der Waals surface area contributed by atoms with Gasteiger partial charge in [-0.25, -0.2) is 14.4 Å². The van der Waals surface area contributed by atoms with Gasteiger partial charge in [0.25, 0.3) is 0 Å². The van der Waals surface area contributed by atoms with Crippen molar-refractivity contribution in [2.24, 2.45) is 11.7 Å². The van der Waals surface area contributed by atoms with Crippen molar-refractivity contribution in [3.05, 3.63) is 41.1 Å². The van der Waals surface area contributed by atoms with Gasteiger partial charge in [-0.1, -0.05) is 18.0 Å². The van der Waals surface area contributed by atoms with Crippen molar-refractivity contribution in [1.29, 1.82) is 0 Å². The van der Waals surface area contributed by atoms with E-state index in [4.69, 9.17) is 17.3 Å². The lowest BCUT2D eigenvalue weighted by atomic mass is 9.85. The molecular formula is C24H27ClFN5O. The van der Waals surface area contributed by atoms with Gasteiger partial charge in [0.2, 0.25) is 5.91 Å². The number of rotatable bonds is 3. The molecule has 0 saturated heterocycles. The number of anilines is 1. The minimum atomic E-state index is -0.384. The maximum absolute atomic E-state index is 15.0. The number of carbonyl (C=O) groups is 1. The topological polar surface area (TPSA) is 85.8 Å². The van der Waals surface area contributed by atoms with Gasteiger partial charge < -0.3 is 15.6 Å². The molecule has 3 N–H and O–H groups in total. The highest BCUT2D eigenvalue weighted by atomic mass is 35.5. The minimum absolute atomic E-state index is 0.0598. The fourth-order valence-corrected chi connectivity index (χ4v) is 5.35. The zero-order chi connectivity index (χ0) is 22.6. The average molecular weight is 456 g/mol. The highest BCUT2D eigenvalue weighted by molar-refractivity contribution is 6.33. The number of halogens is 2. The van der Waals surface area contributed by atoms with Crippen molar-refractivity contribution in [3.8, 4) is 11.1 Å². The predicted molar refractivity (Wildman–Crippen MR) is 124 cm³/mol. The molecule has 1 aliphatic carbocycles. The number of aromatic nitrogens is 3. The normalized spacial score (nSPS) is 22.2. The van der Waals surface area contributed by atoms with E-state index in [0.717, 1.165) is 43.4 Å². The number of amides is 1. The summed E-state index contributed by atoms with van der Waals surface area (Å²) in [4.78, 5) is 21.5. The van der Waals surface area contributed by atoms with Gasteiger partial charge in [0, 0.05) is 35.7 Å². The Bertz CT molecular complexity index is 1220. The molecule has 168 valence electrons. The van der Waals surface area contributed by atoms with Gasteiger partial charge in [0.05, 0.1) is 10.5 Å². The van der Waals surface area contributed by atoms with Crippen LogP contribution >= 0.6 is 11.6 Å². The van der Waals surface area contributed by atoms with E-state index < -0.39 is 0 Å². The molecule has 1 aromatic carbocycles. The van der Waals surface area contributed by atoms with Crippen molar-refractivity contribution < 1.29 is 9.18 Å². The van der Waals surface area contributed by atoms with Crippen LogP contribution in [0.4, 0.5) is 10.2 Å². The van der Waals surface area contributed by atoms with Crippen LogP contribution in [0.5, 0.6) is 0 Å². The summed E-state index contributed by atoms with van der Waals surface area (Å²) >= 11 is 6.45. The summed E-state index contributed by atoms with van der Waals surface area (Å²) in [5.74, 6) is 0.710. The Labute approximate surface area is 191 Å². The van der Waals surface area contributed by atoms with Crippen molar-refractivity contribution in [1.82, 2.24) is 14.5 Å². The Balaban J connectivity index is 1.50. The molecule has 8 heteroatoms. The van der Waals surface area contributed by atoms with Gasteiger partial charge in [-0.05, 0) is 63.3 Å². The molecule has 0 radical (unpaired) electrons. The Kier molecular flexibility index (Phi) is 5.21. The summed E-state index contributed by atoms with van der Waals surface area (Å²) in [6.07, 6.45) is 6.69. The maximum atomic E-state index is 15.0. The van der Waals surface area contributed by atoms with E-state index in [0.29, 0.717) is 33.9 Å². The average Bonchev–Trinajstić information content (AvgIpc) is 3.27. The number of hydrogen-bond acceptors (Lipinski definition) is 4. The second-order valence-electron chi connectivity index (χ2n) is 9.66. The van der Waals surface area contributed by atoms with Crippen LogP contribution in [-0.2, 0) is 16.8 Å². The number of nitrogens with zero attached hydrogens (tertiary/aromatic N) is 3. The van der Waals surface area contributed by atoms with E-state index in [-0.39, 0.29) is 29.2 Å². The van der Waals surface area contributed by atoms with Gasteiger partial charge in [-0.15, -0.1) is 0 Å². The molecule has 2 aromatic heterocycles. The zero-order valence-electron chi connectivity index (χ0n) is 18.3. The molecule has 0 unspecified atom stereocenters. The largest absolute Gasteiger partial charge is 0.328 e. The third kappa shape index (κ3) is 3.67. The molecule has 1 saturated carbocycles. The molecule has 2 atom stereocenters. The number of carbonyl (C=O) groups excluding carboxylic acids is 1. The number of hydrogen-bond donors (Lipinski definition) is 2. The zero-order valence-corrected chi connectivity index (χ0v) is 19.0. The molecule has 32 heavy (non-hydrogen) atoms. The number of benzene rings is 1. The number of fused-ring (bicyclic) bond motifs is 3. The van der Waals surface area contributed by atoms with E-state index >= 15 is 4.39 Å². The van der Waals surface area contributed by atoms with Crippen LogP contribution in [0.1, 0.15) is 51.8 Å². The first-order valence-electron chi connectivity index (χ1n) is 11.2. The predicted octanol–water partition coefficient (Wildman–Crippen LogP) is 5.03. The highest BCUT2D eigenvalue weighted by Crippen LogP contribution is 2.39. The molecule has 3 aromatic rings. The minimum Gasteiger partial charge on any atom is -0.328 e. The van der Waals surface area contributed by atoms with E-state index in [1.165, 1.54) is 12.3 Å². The van der Waals surface area contributed by atoms with Crippen LogP contribution in [-0.4, -0.2) is 26.5 Å². The lowest BCUT2D eigenvalue weighted by Gasteiger charge is -2.25. The third-order valence-electron chi connectivity index (χ3n) is 6.85. The summed E-state index contributed by atoms with van der Waals surface area (Å²) in [6.45, 7) is 4.28. The quantitative estimate of drug-likeness (QED) is 0.580. The van der Waals surface area contributed by atoms with Crippen molar-refractivity contribution in [2.75, 3.05) is 5.32 Å². The Morgan fingerprint density at radius 2 is 2.12 bits per heavy atom. The van der Waals surface area contributed by atoms with Crippen LogP contribution in [0.2, 0.25) is 5.02 Å². The second kappa shape index (κ2) is 7.81. The monoisotopic (exact) mass is 455 g/mol. The molecule has 6 nitrogen and oxygen atoms in total. The maximum Gasteiger partial charge on any atom is 0.228 e. The van der Waals surface area contributed by atoms with Gasteiger partial charge >= 0.3 is 0 Å². The number of pyridine rings is 1. The SMILES string of the molecule is CC1(C)CCc2nc3c(F)cc(-c4cc(NC(=O)[C@H]5CCC[C@@H](N)C5)ncc4Cl)cc3n21. The summed E-state index contributed by atoms with van der Waals surface area (Å²) in [7, 11) is 0. The summed E-state index contributed by atoms with van der Waals surface area (Å²) in [6, 6.07) is 5.14. The highest BCUT2D eigenvalue weighted by Gasteiger charge is 2.33. The lowest BCUT2D eigenvalue weighted by Crippen LogP contribution is -2.34. The smallest absolute Gasteiger partial charge is 0.228 e. The first-order chi connectivity index (χ1) is 15.2. The van der Waals surface area contributed by atoms with Crippen molar-refractivity contribution in [2.45, 2.75) is 64.0 Å². The summed E-state index contributed by atoms with van der Waals surface area (Å²) in [5.41, 5.74) is 8.28. The van der Waals surface area contributed by atoms with Crippen molar-refractivity contribution in [3.63, 3.8) is 0 Å². The van der Waals surface area contributed by atoms with Gasteiger partial charge in [-0.2, -0.15) is 0 Å². The summed E-state index contributed by atoms with van der Waals surface area (Å²) < 4.78 is 17.2. The van der Waals surface area contributed by atoms with Gasteiger partial charge in [0.15, 0.2) is 5.82 Å². The summed E-state index contributed by atoms with van der Waals surface area (Å²) in [5, 5.41) is 3.29. The molecule has 2 aliphatic rings. The Morgan fingerprint density at radius 3 is 2.91 bits per heavy atom. The number of aryl methyl sites for hydroxylation is 1. The van der Waals surface area contributed by atoms with Crippen LogP contribution < -0.4 is 11.1 Å². The lowest BCUT2D eigenvalue weighted by molar-refractivity contribution is -0.120. The van der Waals surface area contributed by atoms with Gasteiger partial charge in [0.1, 0.15) is 17.2 Å². The molecule has 1 aliphatic heterocycles. The number of nitrogens with two attached hydrogens (primary N) is 1. The van der Waals surface area contributed by atoms with Crippen LogP contribution in [0, 0.1) is 11.7 Å². The van der Waals surface area contributed by atoms with Crippen LogP contribution in [0.15, 0.2) is 24.4 Å². The van der Waals surface area contributed by atoms with Crippen molar-refractivity contribution >= 4 is 34.4 Å². The van der Waals surface area contributed by atoms with E-state index in [2.05, 4.69) is 33.7 Å². The second-order valence-corrected chi connectivity index (χ2v) is 10.1. The molecule has 1 amide bonds. The van der Waals surface area contributed by atoms with Crippen LogP contribution in [0.25, 0.3) is 22.2 Å². The first kappa shape index (κ1) is 21.3. The first-order valence-corrected chi connectivity index (χ1v) is 11.5. The van der Waals surface area contributed by atoms with Gasteiger partial charge in [-0.3, -0.25) is 4.79 Å².